The number of carboxylic acids is 1. The van der Waals surface area contributed by atoms with Gasteiger partial charge < -0.3 is 20.5 Å². The van der Waals surface area contributed by atoms with E-state index in [1.807, 2.05) is 0 Å². The Balaban J connectivity index is 1.69. The van der Waals surface area contributed by atoms with Crippen molar-refractivity contribution in [2.24, 2.45) is 5.92 Å². The predicted octanol–water partition coefficient (Wildman–Crippen LogP) is -0.739. The molecule has 19 heavy (non-hydrogen) atoms. The first-order valence-electron chi connectivity index (χ1n) is 6.49. The standard InChI is InChI=1S/C12H18N2O5/c15-10-4-1-7(5-13-10)11(16)14-6-8-2-3-9(19-8)12(17)18/h7-9H,1-6H2,(H,13,15)(H,14,16)(H,17,18). The van der Waals surface area contributed by atoms with E-state index in [9.17, 15) is 14.4 Å². The lowest BCUT2D eigenvalue weighted by Gasteiger charge is -2.22. The summed E-state index contributed by atoms with van der Waals surface area (Å²) in [6.45, 7) is 0.695. The fourth-order valence-electron chi connectivity index (χ4n) is 2.35. The Hall–Kier alpha value is -1.63. The van der Waals surface area contributed by atoms with Crippen LogP contribution in [0.5, 0.6) is 0 Å². The average Bonchev–Trinajstić information content (AvgIpc) is 2.86. The minimum absolute atomic E-state index is 0.0209. The van der Waals surface area contributed by atoms with Gasteiger partial charge in [-0.15, -0.1) is 0 Å². The van der Waals surface area contributed by atoms with Crippen molar-refractivity contribution in [1.29, 1.82) is 0 Å². The molecule has 2 saturated heterocycles. The lowest BCUT2D eigenvalue weighted by Crippen LogP contribution is -2.44. The van der Waals surface area contributed by atoms with E-state index >= 15 is 0 Å². The molecular formula is C12H18N2O5. The molecule has 0 aliphatic carbocycles. The second-order valence-electron chi connectivity index (χ2n) is 4.95. The largest absolute Gasteiger partial charge is 0.479 e. The van der Waals surface area contributed by atoms with E-state index in [-0.39, 0.29) is 23.8 Å². The average molecular weight is 270 g/mol. The normalized spacial score (nSPS) is 30.7. The van der Waals surface area contributed by atoms with Crippen molar-refractivity contribution in [3.63, 3.8) is 0 Å². The van der Waals surface area contributed by atoms with E-state index in [0.717, 1.165) is 0 Å². The number of hydrogen-bond donors (Lipinski definition) is 3. The molecule has 2 aliphatic heterocycles. The fraction of sp³-hybridized carbons (Fsp3) is 0.750. The summed E-state index contributed by atoms with van der Waals surface area (Å²) in [4.78, 5) is 33.5. The topological polar surface area (TPSA) is 105 Å². The van der Waals surface area contributed by atoms with Gasteiger partial charge in [0.15, 0.2) is 6.10 Å². The maximum Gasteiger partial charge on any atom is 0.332 e. The maximum atomic E-state index is 11.8. The molecule has 3 atom stereocenters. The number of nitrogens with one attached hydrogen (secondary N) is 2. The van der Waals surface area contributed by atoms with Crippen molar-refractivity contribution in [3.8, 4) is 0 Å². The van der Waals surface area contributed by atoms with Crippen LogP contribution in [0.2, 0.25) is 0 Å². The number of aliphatic carboxylic acids is 1. The third-order valence-corrected chi connectivity index (χ3v) is 3.52. The first kappa shape index (κ1) is 13.8. The zero-order valence-electron chi connectivity index (χ0n) is 10.6. The number of amides is 2. The zero-order chi connectivity index (χ0) is 13.8. The smallest absolute Gasteiger partial charge is 0.332 e. The molecule has 7 heteroatoms. The summed E-state index contributed by atoms with van der Waals surface area (Å²) in [5.41, 5.74) is 0. The van der Waals surface area contributed by atoms with E-state index in [2.05, 4.69) is 10.6 Å². The van der Waals surface area contributed by atoms with Crippen LogP contribution < -0.4 is 10.6 Å². The second-order valence-corrected chi connectivity index (χ2v) is 4.95. The molecule has 0 aromatic rings. The van der Waals surface area contributed by atoms with Gasteiger partial charge in [-0.2, -0.15) is 0 Å². The van der Waals surface area contributed by atoms with Crippen LogP contribution in [-0.4, -0.2) is 48.2 Å². The Morgan fingerprint density at radius 1 is 1.37 bits per heavy atom. The molecule has 0 spiro atoms. The van der Waals surface area contributed by atoms with Gasteiger partial charge in [0.1, 0.15) is 0 Å². The van der Waals surface area contributed by atoms with Crippen molar-refractivity contribution in [2.75, 3.05) is 13.1 Å². The second kappa shape index (κ2) is 6.01. The molecule has 0 bridgehead atoms. The molecule has 2 heterocycles. The summed E-state index contributed by atoms with van der Waals surface area (Å²) >= 11 is 0. The maximum absolute atomic E-state index is 11.8. The Kier molecular flexibility index (Phi) is 4.36. The highest BCUT2D eigenvalue weighted by atomic mass is 16.5. The number of hydrogen-bond acceptors (Lipinski definition) is 4. The van der Waals surface area contributed by atoms with Gasteiger partial charge in [-0.05, 0) is 19.3 Å². The van der Waals surface area contributed by atoms with Gasteiger partial charge >= 0.3 is 5.97 Å². The summed E-state index contributed by atoms with van der Waals surface area (Å²) in [5.74, 6) is -1.28. The fourth-order valence-corrected chi connectivity index (χ4v) is 2.35. The number of rotatable bonds is 4. The van der Waals surface area contributed by atoms with Crippen LogP contribution in [0, 0.1) is 5.92 Å². The zero-order valence-corrected chi connectivity index (χ0v) is 10.6. The number of carbonyl (C=O) groups excluding carboxylic acids is 2. The summed E-state index contributed by atoms with van der Waals surface area (Å²) in [6.07, 6.45) is 1.06. The van der Waals surface area contributed by atoms with E-state index in [1.54, 1.807) is 0 Å². The highest BCUT2D eigenvalue weighted by Gasteiger charge is 2.31. The van der Waals surface area contributed by atoms with Crippen LogP contribution in [0.15, 0.2) is 0 Å². The minimum Gasteiger partial charge on any atom is -0.479 e. The molecule has 0 aromatic heterocycles. The molecule has 2 aliphatic rings. The van der Waals surface area contributed by atoms with Crippen LogP contribution >= 0.6 is 0 Å². The van der Waals surface area contributed by atoms with Crippen LogP contribution in [0.1, 0.15) is 25.7 Å². The molecule has 0 radical (unpaired) electrons. The van der Waals surface area contributed by atoms with Crippen molar-refractivity contribution in [2.45, 2.75) is 37.9 Å². The number of ether oxygens (including phenoxy) is 1. The van der Waals surface area contributed by atoms with E-state index in [4.69, 9.17) is 9.84 Å². The molecule has 3 N–H and O–H groups in total. The van der Waals surface area contributed by atoms with Gasteiger partial charge in [0.25, 0.3) is 0 Å². The number of carbonyl (C=O) groups is 3. The predicted molar refractivity (Wildman–Crippen MR) is 64.3 cm³/mol. The van der Waals surface area contributed by atoms with Crippen molar-refractivity contribution in [1.82, 2.24) is 10.6 Å². The molecular weight excluding hydrogens is 252 g/mol. The van der Waals surface area contributed by atoms with Gasteiger partial charge in [-0.3, -0.25) is 9.59 Å². The number of carboxylic acid groups (broad SMARTS) is 1. The lowest BCUT2D eigenvalue weighted by atomic mass is 9.98. The van der Waals surface area contributed by atoms with Crippen LogP contribution in [-0.2, 0) is 19.1 Å². The van der Waals surface area contributed by atoms with Gasteiger partial charge in [-0.1, -0.05) is 0 Å². The third kappa shape index (κ3) is 3.66. The Morgan fingerprint density at radius 2 is 2.16 bits per heavy atom. The molecule has 7 nitrogen and oxygen atoms in total. The minimum atomic E-state index is -0.955. The molecule has 106 valence electrons. The Labute approximate surface area is 110 Å². The van der Waals surface area contributed by atoms with Crippen LogP contribution in [0.25, 0.3) is 0 Å². The van der Waals surface area contributed by atoms with E-state index in [1.165, 1.54) is 0 Å². The van der Waals surface area contributed by atoms with Crippen LogP contribution in [0.3, 0.4) is 0 Å². The van der Waals surface area contributed by atoms with Gasteiger partial charge in [0, 0.05) is 19.5 Å². The monoisotopic (exact) mass is 270 g/mol. The molecule has 2 fully saturated rings. The quantitative estimate of drug-likeness (QED) is 0.624. The third-order valence-electron chi connectivity index (χ3n) is 3.52. The summed E-state index contributed by atoms with van der Waals surface area (Å²) in [6, 6.07) is 0. The van der Waals surface area contributed by atoms with Crippen molar-refractivity contribution in [3.05, 3.63) is 0 Å². The highest BCUT2D eigenvalue weighted by molar-refractivity contribution is 5.83. The molecule has 3 unspecified atom stereocenters. The SMILES string of the molecule is O=C1CCC(C(=O)NCC2CCC(C(=O)O)O2)CN1. The molecule has 0 aromatic carbocycles. The van der Waals surface area contributed by atoms with Crippen LogP contribution in [0.4, 0.5) is 0 Å². The van der Waals surface area contributed by atoms with Gasteiger partial charge in [0.05, 0.1) is 12.0 Å². The molecule has 2 amide bonds. The highest BCUT2D eigenvalue weighted by Crippen LogP contribution is 2.19. The first-order chi connectivity index (χ1) is 9.06. The Bertz CT molecular complexity index is 374. The van der Waals surface area contributed by atoms with E-state index < -0.39 is 12.1 Å². The van der Waals surface area contributed by atoms with Crippen molar-refractivity contribution >= 4 is 17.8 Å². The van der Waals surface area contributed by atoms with Gasteiger partial charge in [-0.25, -0.2) is 4.79 Å². The van der Waals surface area contributed by atoms with Gasteiger partial charge in [0.2, 0.25) is 11.8 Å². The lowest BCUT2D eigenvalue weighted by molar-refractivity contribution is -0.149. The molecule has 2 rings (SSSR count). The Morgan fingerprint density at radius 3 is 2.74 bits per heavy atom. The number of piperidine rings is 1. The molecule has 0 saturated carbocycles. The summed E-state index contributed by atoms with van der Waals surface area (Å²) < 4.78 is 5.29. The first-order valence-corrected chi connectivity index (χ1v) is 6.49. The van der Waals surface area contributed by atoms with E-state index in [0.29, 0.717) is 38.8 Å². The summed E-state index contributed by atoms with van der Waals surface area (Å²) in [7, 11) is 0. The van der Waals surface area contributed by atoms with Crippen molar-refractivity contribution < 1.29 is 24.2 Å². The summed E-state index contributed by atoms with van der Waals surface area (Å²) in [5, 5.41) is 14.2.